The third-order valence-corrected chi connectivity index (χ3v) is 6.37. The van der Waals surface area contributed by atoms with E-state index in [-0.39, 0.29) is 6.29 Å². The van der Waals surface area contributed by atoms with Crippen molar-refractivity contribution in [3.05, 3.63) is 40.6 Å². The summed E-state index contributed by atoms with van der Waals surface area (Å²) in [5.74, 6) is 1.09. The number of hydrogen-bond acceptors (Lipinski definition) is 6. The zero-order valence-corrected chi connectivity index (χ0v) is 16.1. The van der Waals surface area contributed by atoms with E-state index in [0.29, 0.717) is 6.04 Å². The van der Waals surface area contributed by atoms with Gasteiger partial charge in [-0.15, -0.1) is 0 Å². The second kappa shape index (κ2) is 7.26. The highest BCUT2D eigenvalue weighted by Gasteiger charge is 2.29. The summed E-state index contributed by atoms with van der Waals surface area (Å²) in [6.07, 6.45) is 4.30. The fraction of sp³-hybridized carbons (Fsp3) is 0.571. The number of ether oxygens (including phenoxy) is 1. The van der Waals surface area contributed by atoms with E-state index in [1.165, 1.54) is 22.4 Å². The number of aliphatic imine (C=N–C) groups is 1. The van der Waals surface area contributed by atoms with Gasteiger partial charge in [-0.2, -0.15) is 0 Å². The van der Waals surface area contributed by atoms with E-state index < -0.39 is 0 Å². The van der Waals surface area contributed by atoms with Crippen LogP contribution in [0.2, 0.25) is 0 Å². The van der Waals surface area contributed by atoms with Crippen LogP contribution in [0, 0.1) is 0 Å². The van der Waals surface area contributed by atoms with Gasteiger partial charge in [0.2, 0.25) is 0 Å². The first kappa shape index (κ1) is 17.2. The first-order valence-corrected chi connectivity index (χ1v) is 10.2. The number of benzene rings is 1. The van der Waals surface area contributed by atoms with E-state index in [1.54, 1.807) is 0 Å². The van der Waals surface area contributed by atoms with E-state index in [9.17, 15) is 0 Å². The van der Waals surface area contributed by atoms with Crippen LogP contribution in [0.1, 0.15) is 30.5 Å². The van der Waals surface area contributed by atoms with E-state index >= 15 is 0 Å². The second-order valence-corrected chi connectivity index (χ2v) is 7.94. The number of fused-ring (bicyclic) bond motifs is 1. The van der Waals surface area contributed by atoms with Crippen LogP contribution in [0.5, 0.6) is 5.75 Å². The normalized spacial score (nSPS) is 26.9. The molecule has 1 aromatic carbocycles. The molecule has 0 aromatic heterocycles. The first-order valence-electron chi connectivity index (χ1n) is 10.2. The lowest BCUT2D eigenvalue weighted by Gasteiger charge is -2.42. The molecule has 4 aliphatic rings. The van der Waals surface area contributed by atoms with Gasteiger partial charge in [-0.25, -0.2) is 0 Å². The van der Waals surface area contributed by atoms with Crippen molar-refractivity contribution in [3.63, 3.8) is 0 Å². The van der Waals surface area contributed by atoms with E-state index in [4.69, 9.17) is 9.73 Å². The standard InChI is InChI=1S/C21H29N5O/c1-15(17-3-2-16-5-11-27-20(16)12-17)25-7-9-26(10-8-25)21-23-14-18-13-22-6-4-19(18)24-21/h2-3,12,14-15,21-22,24H,4-11,13H2,1H3. The molecule has 1 saturated heterocycles. The Kier molecular flexibility index (Phi) is 4.63. The molecule has 4 aliphatic heterocycles. The van der Waals surface area contributed by atoms with E-state index in [0.717, 1.165) is 64.5 Å². The molecule has 2 atom stereocenters. The van der Waals surface area contributed by atoms with Crippen LogP contribution in [-0.2, 0) is 6.42 Å². The Labute approximate surface area is 161 Å². The molecule has 4 heterocycles. The van der Waals surface area contributed by atoms with Crippen LogP contribution in [0.4, 0.5) is 0 Å². The molecule has 5 rings (SSSR count). The average molecular weight is 367 g/mol. The summed E-state index contributed by atoms with van der Waals surface area (Å²) in [6.45, 7) is 9.37. The molecular weight excluding hydrogens is 338 g/mol. The van der Waals surface area contributed by atoms with Crippen LogP contribution in [-0.4, -0.2) is 68.2 Å². The number of hydrogen-bond donors (Lipinski definition) is 2. The molecule has 0 radical (unpaired) electrons. The van der Waals surface area contributed by atoms with Gasteiger partial charge >= 0.3 is 0 Å². The molecule has 0 aliphatic carbocycles. The Morgan fingerprint density at radius 2 is 2.07 bits per heavy atom. The van der Waals surface area contributed by atoms with Gasteiger partial charge in [-0.3, -0.25) is 14.8 Å². The topological polar surface area (TPSA) is 52.1 Å². The Morgan fingerprint density at radius 1 is 1.19 bits per heavy atom. The van der Waals surface area contributed by atoms with Crippen molar-refractivity contribution in [2.24, 2.45) is 4.99 Å². The van der Waals surface area contributed by atoms with Crippen molar-refractivity contribution in [1.29, 1.82) is 0 Å². The molecule has 0 bridgehead atoms. The monoisotopic (exact) mass is 367 g/mol. The molecule has 0 amide bonds. The third kappa shape index (κ3) is 3.37. The van der Waals surface area contributed by atoms with Gasteiger partial charge in [0.1, 0.15) is 5.75 Å². The third-order valence-electron chi connectivity index (χ3n) is 6.37. The largest absolute Gasteiger partial charge is 0.493 e. The minimum Gasteiger partial charge on any atom is -0.493 e. The molecule has 1 fully saturated rings. The predicted molar refractivity (Wildman–Crippen MR) is 107 cm³/mol. The van der Waals surface area contributed by atoms with Gasteiger partial charge in [0.05, 0.1) is 6.61 Å². The van der Waals surface area contributed by atoms with Gasteiger partial charge < -0.3 is 15.4 Å². The Balaban J connectivity index is 1.19. The Hall–Kier alpha value is -1.89. The fourth-order valence-corrected chi connectivity index (χ4v) is 4.55. The zero-order chi connectivity index (χ0) is 18.2. The van der Waals surface area contributed by atoms with E-state index in [1.807, 2.05) is 0 Å². The van der Waals surface area contributed by atoms with Crippen LogP contribution < -0.4 is 15.4 Å². The molecule has 6 heteroatoms. The van der Waals surface area contributed by atoms with Crippen LogP contribution in [0.3, 0.4) is 0 Å². The first-order chi connectivity index (χ1) is 13.3. The minimum atomic E-state index is 0.104. The zero-order valence-electron chi connectivity index (χ0n) is 16.1. The van der Waals surface area contributed by atoms with E-state index in [2.05, 4.69) is 51.8 Å². The molecule has 2 N–H and O–H groups in total. The smallest absolute Gasteiger partial charge is 0.176 e. The van der Waals surface area contributed by atoms with Crippen molar-refractivity contribution in [2.45, 2.75) is 32.1 Å². The highest BCUT2D eigenvalue weighted by Crippen LogP contribution is 2.31. The molecule has 27 heavy (non-hydrogen) atoms. The van der Waals surface area contributed by atoms with Crippen LogP contribution >= 0.6 is 0 Å². The average Bonchev–Trinajstić information content (AvgIpc) is 3.21. The fourth-order valence-electron chi connectivity index (χ4n) is 4.55. The highest BCUT2D eigenvalue weighted by atomic mass is 16.5. The number of nitrogens with zero attached hydrogens (tertiary/aromatic N) is 3. The van der Waals surface area contributed by atoms with Gasteiger partial charge in [0, 0.05) is 75.6 Å². The van der Waals surface area contributed by atoms with Crippen molar-refractivity contribution >= 4 is 6.21 Å². The lowest BCUT2D eigenvalue weighted by Crippen LogP contribution is -2.55. The molecular formula is C21H29N5O. The number of piperazine rings is 1. The molecule has 0 saturated carbocycles. The maximum atomic E-state index is 5.76. The van der Waals surface area contributed by atoms with Crippen LogP contribution in [0.15, 0.2) is 34.5 Å². The summed E-state index contributed by atoms with van der Waals surface area (Å²) in [6, 6.07) is 7.19. The lowest BCUT2D eigenvalue weighted by molar-refractivity contribution is 0.0670. The Bertz CT molecular complexity index is 766. The van der Waals surface area contributed by atoms with Crippen molar-refractivity contribution < 1.29 is 4.74 Å². The molecule has 144 valence electrons. The number of nitrogens with one attached hydrogen (secondary N) is 2. The second-order valence-electron chi connectivity index (χ2n) is 7.94. The maximum absolute atomic E-state index is 5.76. The lowest BCUT2D eigenvalue weighted by atomic mass is 10.0. The summed E-state index contributed by atoms with van der Waals surface area (Å²) in [5.41, 5.74) is 5.41. The SMILES string of the molecule is CC(c1ccc2c(c1)OCC2)N1CCN(C2N=CC3=C(CCNC3)N2)CC1. The molecule has 0 spiro atoms. The summed E-state index contributed by atoms with van der Waals surface area (Å²) in [5, 5.41) is 7.07. The molecule has 1 aromatic rings. The summed E-state index contributed by atoms with van der Waals surface area (Å²) >= 11 is 0. The van der Waals surface area contributed by atoms with Crippen molar-refractivity contribution in [3.8, 4) is 5.75 Å². The Morgan fingerprint density at radius 3 is 2.96 bits per heavy atom. The predicted octanol–water partition coefficient (Wildman–Crippen LogP) is 1.51. The summed E-state index contributed by atoms with van der Waals surface area (Å²) < 4.78 is 5.76. The van der Waals surface area contributed by atoms with Crippen LogP contribution in [0.25, 0.3) is 0 Å². The summed E-state index contributed by atoms with van der Waals surface area (Å²) in [4.78, 5) is 9.81. The highest BCUT2D eigenvalue weighted by molar-refractivity contribution is 5.81. The van der Waals surface area contributed by atoms with Crippen molar-refractivity contribution in [2.75, 3.05) is 45.9 Å². The van der Waals surface area contributed by atoms with Gasteiger partial charge in [0.25, 0.3) is 0 Å². The molecule has 2 unspecified atom stereocenters. The van der Waals surface area contributed by atoms with Gasteiger partial charge in [0.15, 0.2) is 6.29 Å². The minimum absolute atomic E-state index is 0.104. The van der Waals surface area contributed by atoms with Gasteiger partial charge in [-0.05, 0) is 24.1 Å². The summed E-state index contributed by atoms with van der Waals surface area (Å²) in [7, 11) is 0. The quantitative estimate of drug-likeness (QED) is 0.848. The van der Waals surface area contributed by atoms with Gasteiger partial charge in [-0.1, -0.05) is 12.1 Å². The molecule has 6 nitrogen and oxygen atoms in total. The maximum Gasteiger partial charge on any atom is 0.176 e. The number of rotatable bonds is 3. The van der Waals surface area contributed by atoms with Crippen molar-refractivity contribution in [1.82, 2.24) is 20.4 Å².